The summed E-state index contributed by atoms with van der Waals surface area (Å²) in [6.45, 7) is -0.828. The molecule has 0 spiro atoms. The summed E-state index contributed by atoms with van der Waals surface area (Å²) in [6.07, 6.45) is -4.02. The van der Waals surface area contributed by atoms with E-state index in [1.807, 2.05) is 0 Å². The van der Waals surface area contributed by atoms with E-state index in [1.165, 1.54) is 11.8 Å². The van der Waals surface area contributed by atoms with Gasteiger partial charge in [0.25, 0.3) is 5.91 Å². The normalized spacial score (nSPS) is 18.8. The maximum Gasteiger partial charge on any atom is 0.401 e. The van der Waals surface area contributed by atoms with Crippen LogP contribution in [0.25, 0.3) is 0 Å². The van der Waals surface area contributed by atoms with Crippen LogP contribution < -0.4 is 10.6 Å². The van der Waals surface area contributed by atoms with E-state index in [0.717, 1.165) is 4.90 Å². The molecule has 1 aliphatic rings. The summed E-state index contributed by atoms with van der Waals surface area (Å²) >= 11 is 3.26. The van der Waals surface area contributed by atoms with Gasteiger partial charge in [0, 0.05) is 46.0 Å². The molecule has 2 N–H and O–H groups in total. The van der Waals surface area contributed by atoms with Crippen LogP contribution in [0.5, 0.6) is 0 Å². The molecule has 1 aromatic rings. The summed E-state index contributed by atoms with van der Waals surface area (Å²) in [5.41, 5.74) is 0.190. The third kappa shape index (κ3) is 7.52. The van der Waals surface area contributed by atoms with Gasteiger partial charge in [0.1, 0.15) is 10.6 Å². The van der Waals surface area contributed by atoms with Crippen LogP contribution in [0.1, 0.15) is 16.9 Å². The molecule has 2 atom stereocenters. The Morgan fingerprint density at radius 1 is 1.47 bits per heavy atom. The highest BCUT2D eigenvalue weighted by Crippen LogP contribution is 2.19. The maximum absolute atomic E-state index is 12.8. The quantitative estimate of drug-likeness (QED) is 0.519. The first-order chi connectivity index (χ1) is 14.1. The van der Waals surface area contributed by atoms with Crippen LogP contribution in [0.3, 0.4) is 0 Å². The lowest BCUT2D eigenvalue weighted by Crippen LogP contribution is -2.57. The van der Waals surface area contributed by atoms with Crippen LogP contribution in [0.15, 0.2) is 10.7 Å². The first-order valence-electron chi connectivity index (χ1n) is 9.26. The van der Waals surface area contributed by atoms with Gasteiger partial charge in [-0.05, 0) is 22.4 Å². The van der Waals surface area contributed by atoms with Gasteiger partial charge in [-0.15, -0.1) is 0 Å². The molecule has 0 bridgehead atoms. The number of aryl methyl sites for hydroxylation is 1. The minimum absolute atomic E-state index is 0.00991. The predicted molar refractivity (Wildman–Crippen MR) is 104 cm³/mol. The van der Waals surface area contributed by atoms with E-state index in [1.54, 1.807) is 13.1 Å². The van der Waals surface area contributed by atoms with Crippen LogP contribution in [0, 0.1) is 0 Å². The average Bonchev–Trinajstić information content (AvgIpc) is 3.01. The fraction of sp³-hybridized carbons (Fsp3) is 0.706. The third-order valence-corrected chi connectivity index (χ3v) is 5.25. The van der Waals surface area contributed by atoms with Crippen molar-refractivity contribution in [3.8, 4) is 0 Å². The van der Waals surface area contributed by atoms with Gasteiger partial charge in [0.2, 0.25) is 5.91 Å². The third-order valence-electron chi connectivity index (χ3n) is 4.51. The summed E-state index contributed by atoms with van der Waals surface area (Å²) in [4.78, 5) is 26.0. The Hall–Kier alpha value is -1.70. The molecular formula is C17H25BrF3N5O4. The van der Waals surface area contributed by atoms with Crippen molar-refractivity contribution in [1.82, 2.24) is 25.3 Å². The molecule has 1 fully saturated rings. The number of carbonyl (C=O) groups is 2. The van der Waals surface area contributed by atoms with E-state index in [-0.39, 0.29) is 32.0 Å². The fourth-order valence-corrected chi connectivity index (χ4v) is 3.24. The number of carbonyl (C=O) groups excluding carboxylic acids is 2. The molecule has 2 rings (SSSR count). The zero-order valence-corrected chi connectivity index (χ0v) is 18.3. The smallest absolute Gasteiger partial charge is 0.385 e. The molecule has 0 aliphatic carbocycles. The van der Waals surface area contributed by atoms with Crippen LogP contribution in [0.4, 0.5) is 13.2 Å². The van der Waals surface area contributed by atoms with Gasteiger partial charge in [0.05, 0.1) is 19.8 Å². The molecule has 13 heteroatoms. The molecule has 2 amide bonds. The number of ether oxygens (including phenoxy) is 2. The van der Waals surface area contributed by atoms with Crippen molar-refractivity contribution in [2.24, 2.45) is 7.05 Å². The second-order valence-corrected chi connectivity index (χ2v) is 7.66. The van der Waals surface area contributed by atoms with Crippen molar-refractivity contribution in [3.63, 3.8) is 0 Å². The molecule has 170 valence electrons. The van der Waals surface area contributed by atoms with E-state index in [2.05, 4.69) is 31.7 Å². The van der Waals surface area contributed by atoms with Gasteiger partial charge in [-0.2, -0.15) is 18.3 Å². The Morgan fingerprint density at radius 2 is 2.20 bits per heavy atom. The zero-order valence-electron chi connectivity index (χ0n) is 16.7. The van der Waals surface area contributed by atoms with Crippen LogP contribution in [0.2, 0.25) is 0 Å². The van der Waals surface area contributed by atoms with Gasteiger partial charge in [0.15, 0.2) is 5.69 Å². The second-order valence-electron chi connectivity index (χ2n) is 6.85. The molecule has 0 saturated carbocycles. The van der Waals surface area contributed by atoms with E-state index in [0.29, 0.717) is 17.6 Å². The largest absolute Gasteiger partial charge is 0.401 e. The number of hydrogen-bond donors (Lipinski definition) is 2. The van der Waals surface area contributed by atoms with Crippen molar-refractivity contribution in [3.05, 3.63) is 16.4 Å². The Morgan fingerprint density at radius 3 is 2.80 bits per heavy atom. The van der Waals surface area contributed by atoms with Crippen molar-refractivity contribution in [2.75, 3.05) is 46.6 Å². The average molecular weight is 500 g/mol. The highest BCUT2D eigenvalue weighted by molar-refractivity contribution is 9.10. The number of rotatable bonds is 9. The summed E-state index contributed by atoms with van der Waals surface area (Å²) in [5, 5.41) is 9.44. The Labute approximate surface area is 180 Å². The van der Waals surface area contributed by atoms with Crippen molar-refractivity contribution >= 4 is 27.7 Å². The van der Waals surface area contributed by atoms with Crippen LogP contribution in [-0.4, -0.2) is 91.3 Å². The van der Waals surface area contributed by atoms with Crippen molar-refractivity contribution < 1.29 is 32.2 Å². The number of aromatic nitrogens is 2. The van der Waals surface area contributed by atoms with Gasteiger partial charge in [-0.3, -0.25) is 19.2 Å². The number of halogens is 4. The Bertz CT molecular complexity index is 711. The molecule has 0 radical (unpaired) electrons. The molecule has 1 saturated heterocycles. The number of nitrogens with zero attached hydrogens (tertiary/aromatic N) is 3. The summed E-state index contributed by atoms with van der Waals surface area (Å²) in [5.74, 6) is -1.03. The van der Waals surface area contributed by atoms with E-state index >= 15 is 0 Å². The zero-order chi connectivity index (χ0) is 22.3. The van der Waals surface area contributed by atoms with Crippen molar-refractivity contribution in [1.29, 1.82) is 0 Å². The Balaban J connectivity index is 1.96. The predicted octanol–water partition coefficient (Wildman–Crippen LogP) is 0.697. The minimum Gasteiger partial charge on any atom is -0.385 e. The standard InChI is InChI=1S/C17H25BrF3N5O4/c1-25-14(18)7-12(24-25)15(27)23-11(3-5-29-2)8-22-16(28)13-9-30-6-4-26(13)10-17(19,20)21/h7,11,13H,3-6,8-10H2,1-2H3,(H,22,28)(H,23,27). The number of nitrogens with one attached hydrogen (secondary N) is 2. The lowest BCUT2D eigenvalue weighted by molar-refractivity contribution is -0.166. The highest BCUT2D eigenvalue weighted by atomic mass is 79.9. The number of amides is 2. The SMILES string of the molecule is COCCC(CNC(=O)C1COCCN1CC(F)(F)F)NC(=O)c1cc(Br)n(C)n1. The first kappa shape index (κ1) is 24.6. The van der Waals surface area contributed by atoms with E-state index in [4.69, 9.17) is 9.47 Å². The fourth-order valence-electron chi connectivity index (χ4n) is 2.94. The molecule has 0 aromatic carbocycles. The second kappa shape index (κ2) is 11.1. The first-order valence-corrected chi connectivity index (χ1v) is 10.1. The van der Waals surface area contributed by atoms with Crippen molar-refractivity contribution in [2.45, 2.75) is 24.7 Å². The van der Waals surface area contributed by atoms with E-state index in [9.17, 15) is 22.8 Å². The Kier molecular flexibility index (Phi) is 9.07. The topological polar surface area (TPSA) is 97.7 Å². The molecule has 2 heterocycles. The number of hydrogen-bond acceptors (Lipinski definition) is 6. The number of alkyl halides is 3. The minimum atomic E-state index is -4.41. The van der Waals surface area contributed by atoms with Gasteiger partial charge in [-0.1, -0.05) is 0 Å². The molecule has 1 aromatic heterocycles. The van der Waals surface area contributed by atoms with Crippen LogP contribution in [-0.2, 0) is 21.3 Å². The van der Waals surface area contributed by atoms with Crippen LogP contribution >= 0.6 is 15.9 Å². The van der Waals surface area contributed by atoms with E-state index < -0.39 is 36.6 Å². The summed E-state index contributed by atoms with van der Waals surface area (Å²) in [7, 11) is 3.17. The van der Waals surface area contributed by atoms with Gasteiger partial charge >= 0.3 is 6.18 Å². The molecule has 30 heavy (non-hydrogen) atoms. The summed E-state index contributed by atoms with van der Waals surface area (Å²) in [6, 6.07) is 0.00372. The highest BCUT2D eigenvalue weighted by Gasteiger charge is 2.38. The maximum atomic E-state index is 12.8. The lowest BCUT2D eigenvalue weighted by Gasteiger charge is -2.35. The molecular weight excluding hydrogens is 475 g/mol. The lowest BCUT2D eigenvalue weighted by atomic mass is 10.1. The molecule has 9 nitrogen and oxygen atoms in total. The number of morpholine rings is 1. The van der Waals surface area contributed by atoms with Gasteiger partial charge < -0.3 is 20.1 Å². The number of methoxy groups -OCH3 is 1. The monoisotopic (exact) mass is 499 g/mol. The molecule has 1 aliphatic heterocycles. The molecule has 2 unspecified atom stereocenters. The van der Waals surface area contributed by atoms with Gasteiger partial charge in [-0.25, -0.2) is 0 Å². The summed E-state index contributed by atoms with van der Waals surface area (Å²) < 4.78 is 50.7.